The van der Waals surface area contributed by atoms with Gasteiger partial charge < -0.3 is 5.11 Å². The Morgan fingerprint density at radius 1 is 0.880 bits per heavy atom. The number of hydrogen-bond acceptors (Lipinski definition) is 1. The van der Waals surface area contributed by atoms with E-state index in [1.807, 2.05) is 60.7 Å². The Labute approximate surface area is 148 Å². The van der Waals surface area contributed by atoms with Gasteiger partial charge >= 0.3 is 0 Å². The Kier molecular flexibility index (Phi) is 5.62. The molecule has 0 aliphatic carbocycles. The second kappa shape index (κ2) is 8.09. The van der Waals surface area contributed by atoms with Crippen LogP contribution in [0.2, 0.25) is 0 Å². The zero-order chi connectivity index (χ0) is 17.6. The van der Waals surface area contributed by atoms with Crippen LogP contribution in [0.3, 0.4) is 0 Å². The molecule has 25 heavy (non-hydrogen) atoms. The van der Waals surface area contributed by atoms with Gasteiger partial charge in [0.15, 0.2) is 0 Å². The first-order valence-electron chi connectivity index (χ1n) is 8.72. The summed E-state index contributed by atoms with van der Waals surface area (Å²) in [5.41, 5.74) is 3.54. The van der Waals surface area contributed by atoms with Gasteiger partial charge in [-0.05, 0) is 42.5 Å². The molecule has 0 saturated heterocycles. The minimum absolute atomic E-state index is 0.0838. The van der Waals surface area contributed by atoms with Gasteiger partial charge in [-0.3, -0.25) is 0 Å². The van der Waals surface area contributed by atoms with E-state index in [0.717, 1.165) is 24.0 Å². The first-order chi connectivity index (χ1) is 12.1. The van der Waals surface area contributed by atoms with E-state index in [4.69, 9.17) is 0 Å². The maximum absolute atomic E-state index is 14.6. The Bertz CT molecular complexity index is 797. The van der Waals surface area contributed by atoms with Crippen molar-refractivity contribution in [3.05, 3.63) is 95.8 Å². The van der Waals surface area contributed by atoms with Gasteiger partial charge in [-0.2, -0.15) is 0 Å². The molecule has 0 aliphatic rings. The van der Waals surface area contributed by atoms with Crippen molar-refractivity contribution >= 4 is 0 Å². The third-order valence-corrected chi connectivity index (χ3v) is 4.68. The molecule has 0 spiro atoms. The number of rotatable bonds is 6. The van der Waals surface area contributed by atoms with Gasteiger partial charge in [0.25, 0.3) is 0 Å². The molecule has 0 amide bonds. The fourth-order valence-corrected chi connectivity index (χ4v) is 3.27. The SMILES string of the molecule is CC(O)C(CCc1ccccc1)c1ccc(-c2ccccc2)c(F)c1. The predicted octanol–water partition coefficient (Wildman–Crippen LogP) is 5.59. The largest absolute Gasteiger partial charge is 0.393 e. The van der Waals surface area contributed by atoms with Gasteiger partial charge in [0.1, 0.15) is 5.82 Å². The van der Waals surface area contributed by atoms with Crippen molar-refractivity contribution in [3.63, 3.8) is 0 Å². The molecule has 3 rings (SSSR count). The second-order valence-corrected chi connectivity index (χ2v) is 6.48. The molecule has 128 valence electrons. The van der Waals surface area contributed by atoms with E-state index in [1.54, 1.807) is 13.0 Å². The molecule has 2 unspecified atom stereocenters. The first-order valence-corrected chi connectivity index (χ1v) is 8.72. The summed E-state index contributed by atoms with van der Waals surface area (Å²) in [6.45, 7) is 1.78. The summed E-state index contributed by atoms with van der Waals surface area (Å²) in [7, 11) is 0. The number of halogens is 1. The summed E-state index contributed by atoms with van der Waals surface area (Å²) in [6, 6.07) is 25.0. The highest BCUT2D eigenvalue weighted by Gasteiger charge is 2.19. The quantitative estimate of drug-likeness (QED) is 0.623. The van der Waals surface area contributed by atoms with Crippen LogP contribution >= 0.6 is 0 Å². The zero-order valence-electron chi connectivity index (χ0n) is 14.4. The van der Waals surface area contributed by atoms with Gasteiger partial charge in [0.05, 0.1) is 6.10 Å². The lowest BCUT2D eigenvalue weighted by Gasteiger charge is -2.21. The normalized spacial score (nSPS) is 13.4. The number of aliphatic hydroxyl groups is 1. The average molecular weight is 334 g/mol. The fraction of sp³-hybridized carbons (Fsp3) is 0.217. The van der Waals surface area contributed by atoms with Crippen molar-refractivity contribution in [1.29, 1.82) is 0 Å². The molecule has 3 aromatic carbocycles. The molecule has 2 atom stereocenters. The molecular weight excluding hydrogens is 311 g/mol. The number of benzene rings is 3. The highest BCUT2D eigenvalue weighted by molar-refractivity contribution is 5.64. The number of aryl methyl sites for hydroxylation is 1. The standard InChI is InChI=1S/C23H23FO/c1-17(25)21(14-12-18-8-4-2-5-9-18)20-13-15-22(23(24)16-20)19-10-6-3-7-11-19/h2-11,13,15-17,21,25H,12,14H2,1H3. The summed E-state index contributed by atoms with van der Waals surface area (Å²) in [5.74, 6) is -0.325. The van der Waals surface area contributed by atoms with Crippen molar-refractivity contribution in [2.45, 2.75) is 31.8 Å². The summed E-state index contributed by atoms with van der Waals surface area (Å²) in [4.78, 5) is 0. The summed E-state index contributed by atoms with van der Waals surface area (Å²) >= 11 is 0. The second-order valence-electron chi connectivity index (χ2n) is 6.48. The van der Waals surface area contributed by atoms with E-state index in [0.29, 0.717) is 5.56 Å². The Morgan fingerprint density at radius 2 is 1.52 bits per heavy atom. The molecule has 0 bridgehead atoms. The lowest BCUT2D eigenvalue weighted by molar-refractivity contribution is 0.157. The van der Waals surface area contributed by atoms with E-state index in [-0.39, 0.29) is 11.7 Å². The highest BCUT2D eigenvalue weighted by Crippen LogP contribution is 2.30. The molecule has 0 saturated carbocycles. The summed E-state index contributed by atoms with van der Waals surface area (Å²) < 4.78 is 14.6. The Hall–Kier alpha value is -2.45. The lowest BCUT2D eigenvalue weighted by Crippen LogP contribution is -2.16. The smallest absolute Gasteiger partial charge is 0.131 e. The van der Waals surface area contributed by atoms with Crippen LogP contribution in [-0.4, -0.2) is 11.2 Å². The monoisotopic (exact) mass is 334 g/mol. The molecule has 1 nitrogen and oxygen atoms in total. The van der Waals surface area contributed by atoms with Crippen LogP contribution in [0.15, 0.2) is 78.9 Å². The van der Waals surface area contributed by atoms with Gasteiger partial charge in [-0.15, -0.1) is 0 Å². The van der Waals surface area contributed by atoms with Crippen molar-refractivity contribution in [2.24, 2.45) is 0 Å². The fourth-order valence-electron chi connectivity index (χ4n) is 3.27. The van der Waals surface area contributed by atoms with Crippen molar-refractivity contribution < 1.29 is 9.50 Å². The van der Waals surface area contributed by atoms with E-state index in [1.165, 1.54) is 5.56 Å². The minimum Gasteiger partial charge on any atom is -0.393 e. The molecule has 1 N–H and O–H groups in total. The molecule has 0 aliphatic heterocycles. The molecule has 0 radical (unpaired) electrons. The van der Waals surface area contributed by atoms with E-state index in [9.17, 15) is 9.50 Å². The minimum atomic E-state index is -0.523. The summed E-state index contributed by atoms with van der Waals surface area (Å²) in [6.07, 6.45) is 1.12. The third-order valence-electron chi connectivity index (χ3n) is 4.68. The molecule has 0 fully saturated rings. The van der Waals surface area contributed by atoms with Gasteiger partial charge in [0.2, 0.25) is 0 Å². The molecule has 3 aromatic rings. The van der Waals surface area contributed by atoms with Crippen LogP contribution in [-0.2, 0) is 6.42 Å². The average Bonchev–Trinajstić information content (AvgIpc) is 2.63. The topological polar surface area (TPSA) is 20.2 Å². The first kappa shape index (κ1) is 17.4. The Morgan fingerprint density at radius 3 is 2.12 bits per heavy atom. The van der Waals surface area contributed by atoms with Gasteiger partial charge in [-0.25, -0.2) is 4.39 Å². The number of aliphatic hydroxyl groups excluding tert-OH is 1. The van der Waals surface area contributed by atoms with Crippen LogP contribution in [0.25, 0.3) is 11.1 Å². The van der Waals surface area contributed by atoms with Crippen LogP contribution < -0.4 is 0 Å². The van der Waals surface area contributed by atoms with Crippen LogP contribution in [0.5, 0.6) is 0 Å². The molecule has 0 heterocycles. The maximum Gasteiger partial charge on any atom is 0.131 e. The van der Waals surface area contributed by atoms with Gasteiger partial charge in [-0.1, -0.05) is 72.8 Å². The van der Waals surface area contributed by atoms with E-state index in [2.05, 4.69) is 12.1 Å². The van der Waals surface area contributed by atoms with E-state index < -0.39 is 6.10 Å². The van der Waals surface area contributed by atoms with Crippen LogP contribution in [0.4, 0.5) is 4.39 Å². The molecule has 0 aromatic heterocycles. The predicted molar refractivity (Wildman–Crippen MR) is 101 cm³/mol. The van der Waals surface area contributed by atoms with Crippen LogP contribution in [0, 0.1) is 5.82 Å². The lowest BCUT2D eigenvalue weighted by atomic mass is 9.87. The van der Waals surface area contributed by atoms with Gasteiger partial charge in [0, 0.05) is 11.5 Å². The van der Waals surface area contributed by atoms with Crippen LogP contribution in [0.1, 0.15) is 30.4 Å². The zero-order valence-corrected chi connectivity index (χ0v) is 14.4. The Balaban J connectivity index is 1.81. The van der Waals surface area contributed by atoms with E-state index >= 15 is 0 Å². The molecular formula is C23H23FO. The third kappa shape index (κ3) is 4.34. The van der Waals surface area contributed by atoms with Crippen molar-refractivity contribution in [3.8, 4) is 11.1 Å². The number of hydrogen-bond donors (Lipinski definition) is 1. The molecule has 2 heteroatoms. The van der Waals surface area contributed by atoms with Crippen molar-refractivity contribution in [2.75, 3.05) is 0 Å². The highest BCUT2D eigenvalue weighted by atomic mass is 19.1. The summed E-state index contributed by atoms with van der Waals surface area (Å²) in [5, 5.41) is 10.2. The van der Waals surface area contributed by atoms with Crippen molar-refractivity contribution in [1.82, 2.24) is 0 Å². The maximum atomic E-state index is 14.6.